The van der Waals surface area contributed by atoms with Gasteiger partial charge in [0, 0.05) is 6.07 Å². The fraction of sp³-hybridized carbons (Fsp3) is 0.353. The molecule has 4 heterocycles. The number of nitrogens with zero attached hydrogens (tertiary/aromatic N) is 2. The maximum atomic E-state index is 13.0. The van der Waals surface area contributed by atoms with E-state index in [1.54, 1.807) is 18.1 Å². The summed E-state index contributed by atoms with van der Waals surface area (Å²) in [6.45, 7) is 0.296. The van der Waals surface area contributed by atoms with E-state index in [2.05, 4.69) is 4.98 Å². The van der Waals surface area contributed by atoms with Crippen molar-refractivity contribution in [2.45, 2.75) is 11.7 Å². The summed E-state index contributed by atoms with van der Waals surface area (Å²) in [6, 6.07) is 5.56. The molecule has 3 aliphatic rings. The summed E-state index contributed by atoms with van der Waals surface area (Å²) in [6.07, 6.45) is 3.08. The average Bonchev–Trinajstić information content (AvgIpc) is 3.32. The van der Waals surface area contributed by atoms with Crippen molar-refractivity contribution in [3.8, 4) is 5.75 Å². The second-order valence-corrected chi connectivity index (χ2v) is 7.50. The molecule has 1 spiro atoms. The Kier molecular flexibility index (Phi) is 2.85. The van der Waals surface area contributed by atoms with Crippen LogP contribution in [0.1, 0.15) is 0 Å². The Hall–Kier alpha value is -2.45. The van der Waals surface area contributed by atoms with Crippen LogP contribution in [0.5, 0.6) is 5.75 Å². The van der Waals surface area contributed by atoms with Gasteiger partial charge in [-0.2, -0.15) is 0 Å². The van der Waals surface area contributed by atoms with Crippen LogP contribution in [0.2, 0.25) is 0 Å². The van der Waals surface area contributed by atoms with Crippen LogP contribution < -0.4 is 9.64 Å². The van der Waals surface area contributed by atoms with E-state index in [4.69, 9.17) is 9.47 Å². The lowest BCUT2D eigenvalue weighted by atomic mass is 9.77. The van der Waals surface area contributed by atoms with Crippen molar-refractivity contribution in [2.24, 2.45) is 11.8 Å². The average molecular weight is 358 g/mol. The summed E-state index contributed by atoms with van der Waals surface area (Å²) in [5.74, 6) is -2.06. The number of fused-ring (bicyclic) bond motifs is 2. The van der Waals surface area contributed by atoms with Crippen molar-refractivity contribution in [2.75, 3.05) is 18.6 Å². The van der Waals surface area contributed by atoms with E-state index in [0.717, 1.165) is 10.2 Å². The zero-order valence-corrected chi connectivity index (χ0v) is 14.0. The van der Waals surface area contributed by atoms with Gasteiger partial charge in [0.1, 0.15) is 17.3 Å². The minimum Gasteiger partial charge on any atom is -0.497 e. The molecule has 8 heteroatoms. The monoisotopic (exact) mass is 358 g/mol. The molecule has 1 aromatic heterocycles. The number of anilines is 1. The van der Waals surface area contributed by atoms with Crippen molar-refractivity contribution >= 4 is 38.6 Å². The number of carbonyl (C=O) groups excluding carboxylic acids is 1. The lowest BCUT2D eigenvalue weighted by molar-refractivity contribution is -0.146. The number of carboxylic acids is 1. The summed E-state index contributed by atoms with van der Waals surface area (Å²) in [5.41, 5.74) is -0.0994. The predicted molar refractivity (Wildman–Crippen MR) is 89.9 cm³/mol. The first-order valence-electron chi connectivity index (χ1n) is 7.88. The predicted octanol–water partition coefficient (Wildman–Crippen LogP) is 1.68. The van der Waals surface area contributed by atoms with Gasteiger partial charge in [-0.1, -0.05) is 23.5 Å². The molecule has 1 aromatic carbocycles. The minimum atomic E-state index is -0.995. The van der Waals surface area contributed by atoms with Gasteiger partial charge in [-0.25, -0.2) is 4.98 Å². The van der Waals surface area contributed by atoms with Gasteiger partial charge in [0.2, 0.25) is 5.91 Å². The van der Waals surface area contributed by atoms with Crippen LogP contribution in [0.15, 0.2) is 30.4 Å². The number of methoxy groups -OCH3 is 1. The molecule has 2 fully saturated rings. The number of carboxylic acid groups (broad SMARTS) is 1. The SMILES string of the molecule is COc1ccc2sc(N3C[C@@]45C=C[C@@H](O4)C(C(=O)O)C5C3=O)nc2c1. The van der Waals surface area contributed by atoms with E-state index in [9.17, 15) is 14.7 Å². The number of rotatable bonds is 3. The molecule has 7 nitrogen and oxygen atoms in total. The number of hydrogen-bond donors (Lipinski definition) is 1. The van der Waals surface area contributed by atoms with Crippen LogP contribution in [-0.4, -0.2) is 47.3 Å². The van der Waals surface area contributed by atoms with Gasteiger partial charge in [0.25, 0.3) is 0 Å². The van der Waals surface area contributed by atoms with Gasteiger partial charge in [0.05, 0.1) is 35.9 Å². The van der Waals surface area contributed by atoms with E-state index in [0.29, 0.717) is 17.4 Å². The molecule has 1 amide bonds. The highest BCUT2D eigenvalue weighted by Crippen LogP contribution is 2.53. The molecule has 5 rings (SSSR count). The Labute approximate surface area is 146 Å². The highest BCUT2D eigenvalue weighted by molar-refractivity contribution is 7.22. The minimum absolute atomic E-state index is 0.231. The fourth-order valence-electron chi connectivity index (χ4n) is 4.08. The number of aromatic nitrogens is 1. The second kappa shape index (κ2) is 4.80. The van der Waals surface area contributed by atoms with Gasteiger partial charge in [-0.05, 0) is 12.1 Å². The normalized spacial score (nSPS) is 32.6. The highest BCUT2D eigenvalue weighted by atomic mass is 32.1. The maximum Gasteiger partial charge on any atom is 0.310 e. The Morgan fingerprint density at radius 2 is 2.36 bits per heavy atom. The molecule has 0 aliphatic carbocycles. The first-order chi connectivity index (χ1) is 12.0. The van der Waals surface area contributed by atoms with E-state index >= 15 is 0 Å². The molecule has 128 valence electrons. The Bertz CT molecular complexity index is 954. The van der Waals surface area contributed by atoms with Crippen LogP contribution in [0.4, 0.5) is 5.13 Å². The van der Waals surface area contributed by atoms with Gasteiger partial charge >= 0.3 is 5.97 Å². The van der Waals surface area contributed by atoms with E-state index in [1.165, 1.54) is 11.3 Å². The molecule has 2 saturated heterocycles. The largest absolute Gasteiger partial charge is 0.497 e. The van der Waals surface area contributed by atoms with E-state index in [-0.39, 0.29) is 5.91 Å². The van der Waals surface area contributed by atoms with Gasteiger partial charge in [0.15, 0.2) is 5.13 Å². The Morgan fingerprint density at radius 1 is 1.52 bits per heavy atom. The second-order valence-electron chi connectivity index (χ2n) is 6.49. The van der Waals surface area contributed by atoms with Crippen LogP contribution in [0.25, 0.3) is 10.2 Å². The van der Waals surface area contributed by atoms with Crippen molar-refractivity contribution in [1.82, 2.24) is 4.98 Å². The van der Waals surface area contributed by atoms with Gasteiger partial charge in [-0.3, -0.25) is 14.5 Å². The third-order valence-electron chi connectivity index (χ3n) is 5.20. The highest BCUT2D eigenvalue weighted by Gasteiger charge is 2.67. The summed E-state index contributed by atoms with van der Waals surface area (Å²) in [4.78, 5) is 30.7. The Balaban J connectivity index is 1.55. The number of ether oxygens (including phenoxy) is 2. The summed E-state index contributed by atoms with van der Waals surface area (Å²) >= 11 is 1.40. The van der Waals surface area contributed by atoms with Crippen LogP contribution in [-0.2, 0) is 14.3 Å². The number of hydrogen-bond acceptors (Lipinski definition) is 6. The van der Waals surface area contributed by atoms with Crippen molar-refractivity contribution in [1.29, 1.82) is 0 Å². The lowest BCUT2D eigenvalue weighted by Crippen LogP contribution is -2.39. The molecular weight excluding hydrogens is 344 g/mol. The number of aliphatic carboxylic acids is 1. The summed E-state index contributed by atoms with van der Waals surface area (Å²) < 4.78 is 12.0. The zero-order chi connectivity index (χ0) is 17.3. The molecule has 2 bridgehead atoms. The molecular formula is C17H14N2O5S. The van der Waals surface area contributed by atoms with Crippen molar-refractivity contribution in [3.63, 3.8) is 0 Å². The standard InChI is InChI=1S/C17H14N2O5S/c1-23-8-2-3-11-9(6-8)18-16(25-11)19-7-17-5-4-10(24-17)12(15(21)22)13(17)14(19)20/h2-6,10,12-13H,7H2,1H3,(H,21,22)/t10-,12?,13?,17-/m1/s1. The Morgan fingerprint density at radius 3 is 3.12 bits per heavy atom. The molecule has 25 heavy (non-hydrogen) atoms. The van der Waals surface area contributed by atoms with Gasteiger partial charge < -0.3 is 14.6 Å². The lowest BCUT2D eigenvalue weighted by Gasteiger charge is -2.21. The number of benzene rings is 1. The quantitative estimate of drug-likeness (QED) is 0.840. The fourth-order valence-corrected chi connectivity index (χ4v) is 5.03. The smallest absolute Gasteiger partial charge is 0.310 e. The third kappa shape index (κ3) is 1.86. The zero-order valence-electron chi connectivity index (χ0n) is 13.2. The molecule has 1 N–H and O–H groups in total. The summed E-state index contributed by atoms with van der Waals surface area (Å²) in [5, 5.41) is 10.1. The van der Waals surface area contributed by atoms with Gasteiger partial charge in [-0.15, -0.1) is 0 Å². The first-order valence-corrected chi connectivity index (χ1v) is 8.70. The number of amides is 1. The molecule has 4 atom stereocenters. The van der Waals surface area contributed by atoms with Crippen LogP contribution in [0.3, 0.4) is 0 Å². The number of carbonyl (C=O) groups is 2. The van der Waals surface area contributed by atoms with E-state index in [1.807, 2.05) is 24.3 Å². The molecule has 0 saturated carbocycles. The molecule has 0 radical (unpaired) electrons. The molecule has 2 unspecified atom stereocenters. The molecule has 3 aliphatic heterocycles. The van der Waals surface area contributed by atoms with Crippen molar-refractivity contribution < 1.29 is 24.2 Å². The van der Waals surface area contributed by atoms with Crippen LogP contribution >= 0.6 is 11.3 Å². The van der Waals surface area contributed by atoms with Crippen molar-refractivity contribution in [3.05, 3.63) is 30.4 Å². The maximum absolute atomic E-state index is 13.0. The third-order valence-corrected chi connectivity index (χ3v) is 6.26. The molecule has 2 aromatic rings. The topological polar surface area (TPSA) is 89.0 Å². The van der Waals surface area contributed by atoms with E-state index < -0.39 is 29.5 Å². The van der Waals surface area contributed by atoms with Crippen LogP contribution in [0, 0.1) is 11.8 Å². The first kappa shape index (κ1) is 14.9. The summed E-state index contributed by atoms with van der Waals surface area (Å²) in [7, 11) is 1.59. The number of thiazole rings is 1.